The van der Waals surface area contributed by atoms with Crippen molar-refractivity contribution in [2.24, 2.45) is 0 Å². The number of Topliss-reactive ketones (excluding diaryl/α,β-unsaturated/α-hetero) is 1. The normalized spacial score (nSPS) is 10.5. The summed E-state index contributed by atoms with van der Waals surface area (Å²) >= 11 is 0. The highest BCUT2D eigenvalue weighted by Gasteiger charge is 2.07. The van der Waals surface area contributed by atoms with Crippen molar-refractivity contribution < 1.29 is 14.3 Å². The fourth-order valence-electron chi connectivity index (χ4n) is 1.69. The Morgan fingerprint density at radius 2 is 1.89 bits per heavy atom. The first-order valence-corrected chi connectivity index (χ1v) is 6.12. The van der Waals surface area contributed by atoms with E-state index in [2.05, 4.69) is 0 Å². The molecule has 0 atom stereocenters. The molecule has 0 bridgehead atoms. The summed E-state index contributed by atoms with van der Waals surface area (Å²) in [6.45, 7) is 0. The van der Waals surface area contributed by atoms with E-state index in [4.69, 9.17) is 9.47 Å². The third-order valence-electron chi connectivity index (χ3n) is 2.60. The molecule has 0 radical (unpaired) electrons. The van der Waals surface area contributed by atoms with Crippen molar-refractivity contribution in [2.45, 2.75) is 12.8 Å². The third kappa shape index (κ3) is 5.04. The van der Waals surface area contributed by atoms with E-state index in [9.17, 15) is 4.79 Å². The molecule has 0 aliphatic heterocycles. The summed E-state index contributed by atoms with van der Waals surface area (Å²) < 4.78 is 10.4. The molecule has 4 heteroatoms. The van der Waals surface area contributed by atoms with E-state index in [0.29, 0.717) is 24.3 Å². The molecule has 19 heavy (non-hydrogen) atoms. The molecule has 0 amide bonds. The van der Waals surface area contributed by atoms with E-state index in [-0.39, 0.29) is 5.78 Å². The van der Waals surface area contributed by atoms with E-state index >= 15 is 0 Å². The Morgan fingerprint density at radius 1 is 1.21 bits per heavy atom. The fourth-order valence-corrected chi connectivity index (χ4v) is 1.69. The van der Waals surface area contributed by atoms with Crippen LogP contribution in [0.5, 0.6) is 11.5 Å². The van der Waals surface area contributed by atoms with Crippen molar-refractivity contribution >= 4 is 5.78 Å². The lowest BCUT2D eigenvalue weighted by Crippen LogP contribution is -2.04. The zero-order chi connectivity index (χ0) is 14.3. The molecule has 0 N–H and O–H groups in total. The lowest BCUT2D eigenvalue weighted by atomic mass is 10.1. The average Bonchev–Trinajstić information content (AvgIpc) is 2.38. The van der Waals surface area contributed by atoms with Gasteiger partial charge in [-0.2, -0.15) is 0 Å². The molecule has 1 aromatic carbocycles. The van der Waals surface area contributed by atoms with Crippen molar-refractivity contribution in [2.75, 3.05) is 28.3 Å². The number of hydrogen-bond donors (Lipinski definition) is 0. The maximum atomic E-state index is 11.8. The number of carbonyl (C=O) groups excluding carboxylic acids is 1. The molecule has 0 saturated heterocycles. The Labute approximate surface area is 114 Å². The molecule has 0 heterocycles. The number of methoxy groups -OCH3 is 2. The summed E-state index contributed by atoms with van der Waals surface area (Å²) in [6, 6.07) is 5.54. The van der Waals surface area contributed by atoms with Gasteiger partial charge >= 0.3 is 0 Å². The molecule has 0 unspecified atom stereocenters. The summed E-state index contributed by atoms with van der Waals surface area (Å²) in [6.07, 6.45) is 4.58. The summed E-state index contributed by atoms with van der Waals surface area (Å²) in [4.78, 5) is 13.7. The van der Waals surface area contributed by atoms with Gasteiger partial charge in [0.05, 0.1) is 14.2 Å². The minimum atomic E-state index is 0.172. The summed E-state index contributed by atoms with van der Waals surface area (Å²) in [5, 5.41) is 0. The number of ketones is 1. The van der Waals surface area contributed by atoms with Gasteiger partial charge in [-0.05, 0) is 23.9 Å². The van der Waals surface area contributed by atoms with Gasteiger partial charge in [-0.1, -0.05) is 12.1 Å². The number of benzene rings is 1. The number of ether oxygens (including phenoxy) is 2. The smallest absolute Gasteiger partial charge is 0.161 e. The first-order valence-electron chi connectivity index (χ1n) is 6.12. The van der Waals surface area contributed by atoms with Crippen molar-refractivity contribution in [1.82, 2.24) is 4.90 Å². The second-order valence-electron chi connectivity index (χ2n) is 4.46. The van der Waals surface area contributed by atoms with Crippen molar-refractivity contribution in [3.05, 3.63) is 36.0 Å². The van der Waals surface area contributed by atoms with E-state index in [1.165, 1.54) is 0 Å². The second-order valence-corrected chi connectivity index (χ2v) is 4.46. The monoisotopic (exact) mass is 263 g/mol. The molecule has 1 aromatic rings. The Morgan fingerprint density at radius 3 is 2.47 bits per heavy atom. The largest absolute Gasteiger partial charge is 0.493 e. The van der Waals surface area contributed by atoms with Gasteiger partial charge in [-0.25, -0.2) is 0 Å². The Kier molecular flexibility index (Phi) is 5.93. The predicted molar refractivity (Wildman–Crippen MR) is 75.7 cm³/mol. The quantitative estimate of drug-likeness (QED) is 0.756. The molecule has 4 nitrogen and oxygen atoms in total. The number of nitrogens with zero attached hydrogens (tertiary/aromatic N) is 1. The van der Waals surface area contributed by atoms with Gasteiger partial charge in [0.2, 0.25) is 0 Å². The van der Waals surface area contributed by atoms with Crippen LogP contribution in [-0.2, 0) is 11.2 Å². The lowest BCUT2D eigenvalue weighted by Gasteiger charge is -2.09. The fraction of sp³-hybridized carbons (Fsp3) is 0.400. The molecule has 0 fully saturated rings. The summed E-state index contributed by atoms with van der Waals surface area (Å²) in [5.74, 6) is 1.49. The van der Waals surface area contributed by atoms with Crippen molar-refractivity contribution in [3.8, 4) is 11.5 Å². The van der Waals surface area contributed by atoms with Crippen LogP contribution in [0.1, 0.15) is 12.0 Å². The molecule has 0 aliphatic rings. The molecule has 0 aromatic heterocycles. The summed E-state index contributed by atoms with van der Waals surface area (Å²) in [7, 11) is 7.03. The Bertz CT molecular complexity index is 453. The van der Waals surface area contributed by atoms with Gasteiger partial charge in [0, 0.05) is 26.9 Å². The molecule has 104 valence electrons. The first-order chi connectivity index (χ1) is 9.06. The van der Waals surface area contributed by atoms with E-state index < -0.39 is 0 Å². The average molecular weight is 263 g/mol. The standard InChI is InChI=1S/C15H21NO3/c1-16(2)9-5-6-13(17)10-12-7-8-14(18-3)15(11-12)19-4/h5,7-9,11H,6,10H2,1-4H3/b9-5-. The highest BCUT2D eigenvalue weighted by atomic mass is 16.5. The molecular weight excluding hydrogens is 242 g/mol. The van der Waals surface area contributed by atoms with Gasteiger partial charge in [-0.15, -0.1) is 0 Å². The minimum Gasteiger partial charge on any atom is -0.493 e. The van der Waals surface area contributed by atoms with Crippen molar-refractivity contribution in [3.63, 3.8) is 0 Å². The van der Waals surface area contributed by atoms with Crippen LogP contribution in [0.2, 0.25) is 0 Å². The van der Waals surface area contributed by atoms with Crippen molar-refractivity contribution in [1.29, 1.82) is 0 Å². The van der Waals surface area contributed by atoms with E-state index in [0.717, 1.165) is 5.56 Å². The van der Waals surface area contributed by atoms with Crippen LogP contribution in [0.25, 0.3) is 0 Å². The maximum absolute atomic E-state index is 11.8. The first kappa shape index (κ1) is 15.1. The van der Waals surface area contributed by atoms with Gasteiger partial charge in [-0.3, -0.25) is 4.79 Å². The van der Waals surface area contributed by atoms with Crippen LogP contribution in [0, 0.1) is 0 Å². The van der Waals surface area contributed by atoms with Gasteiger partial charge in [0.25, 0.3) is 0 Å². The van der Waals surface area contributed by atoms with Crippen LogP contribution >= 0.6 is 0 Å². The number of rotatable bonds is 7. The van der Waals surface area contributed by atoms with Gasteiger partial charge < -0.3 is 14.4 Å². The van der Waals surface area contributed by atoms with Crippen LogP contribution in [0.15, 0.2) is 30.5 Å². The van der Waals surface area contributed by atoms with Crippen LogP contribution in [-0.4, -0.2) is 39.0 Å². The third-order valence-corrected chi connectivity index (χ3v) is 2.60. The molecule has 0 aliphatic carbocycles. The molecule has 0 spiro atoms. The Hall–Kier alpha value is -1.97. The zero-order valence-electron chi connectivity index (χ0n) is 12.0. The highest BCUT2D eigenvalue weighted by Crippen LogP contribution is 2.27. The van der Waals surface area contributed by atoms with Crippen LogP contribution < -0.4 is 9.47 Å². The number of allylic oxidation sites excluding steroid dienone is 1. The lowest BCUT2D eigenvalue weighted by molar-refractivity contribution is -0.117. The molecule has 1 rings (SSSR count). The maximum Gasteiger partial charge on any atom is 0.161 e. The summed E-state index contributed by atoms with van der Waals surface area (Å²) in [5.41, 5.74) is 0.931. The topological polar surface area (TPSA) is 38.8 Å². The van der Waals surface area contributed by atoms with Gasteiger partial charge in [0.15, 0.2) is 11.5 Å². The Balaban J connectivity index is 2.64. The predicted octanol–water partition coefficient (Wildman–Crippen LogP) is 2.28. The van der Waals surface area contributed by atoms with E-state index in [1.807, 2.05) is 49.5 Å². The highest BCUT2D eigenvalue weighted by molar-refractivity contribution is 5.82. The second kappa shape index (κ2) is 7.46. The van der Waals surface area contributed by atoms with Crippen LogP contribution in [0.3, 0.4) is 0 Å². The number of carbonyl (C=O) groups is 1. The number of hydrogen-bond acceptors (Lipinski definition) is 4. The molecule has 0 saturated carbocycles. The van der Waals surface area contributed by atoms with Crippen LogP contribution in [0.4, 0.5) is 0 Å². The minimum absolute atomic E-state index is 0.172. The zero-order valence-corrected chi connectivity index (χ0v) is 12.0. The van der Waals surface area contributed by atoms with Gasteiger partial charge in [0.1, 0.15) is 5.78 Å². The van der Waals surface area contributed by atoms with E-state index in [1.54, 1.807) is 14.2 Å². The molecular formula is C15H21NO3. The SMILES string of the molecule is COc1ccc(CC(=O)C/C=C\N(C)C)cc1OC.